The van der Waals surface area contributed by atoms with Crippen LogP contribution in [-0.4, -0.2) is 69.4 Å². The number of piperidine rings is 1. The van der Waals surface area contributed by atoms with E-state index >= 15 is 0 Å². The van der Waals surface area contributed by atoms with Gasteiger partial charge in [-0.2, -0.15) is 0 Å². The monoisotopic (exact) mass is 445 g/mol. The van der Waals surface area contributed by atoms with Crippen LogP contribution in [0.15, 0.2) is 42.7 Å². The third-order valence-electron chi connectivity index (χ3n) is 6.46. The zero-order valence-electron chi connectivity index (χ0n) is 18.7. The van der Waals surface area contributed by atoms with Crippen LogP contribution in [-0.2, 0) is 4.74 Å². The number of fused-ring (bicyclic) bond motifs is 1. The van der Waals surface area contributed by atoms with Gasteiger partial charge >= 0.3 is 0 Å². The molecule has 33 heavy (non-hydrogen) atoms. The lowest BCUT2D eigenvalue weighted by atomic mass is 9.99. The van der Waals surface area contributed by atoms with E-state index in [-0.39, 0.29) is 17.9 Å². The van der Waals surface area contributed by atoms with Crippen molar-refractivity contribution in [2.45, 2.75) is 32.2 Å². The summed E-state index contributed by atoms with van der Waals surface area (Å²) in [7, 11) is 0. The predicted molar refractivity (Wildman–Crippen MR) is 123 cm³/mol. The van der Waals surface area contributed by atoms with E-state index in [9.17, 15) is 9.59 Å². The summed E-state index contributed by atoms with van der Waals surface area (Å²) in [6.07, 6.45) is 6.00. The summed E-state index contributed by atoms with van der Waals surface area (Å²) in [6.45, 7) is 4.70. The van der Waals surface area contributed by atoms with E-state index in [1.807, 2.05) is 42.2 Å². The molecule has 2 aromatic heterocycles. The minimum atomic E-state index is -0.238. The van der Waals surface area contributed by atoms with Crippen molar-refractivity contribution in [3.05, 3.63) is 65.5 Å². The Morgan fingerprint density at radius 2 is 1.82 bits per heavy atom. The summed E-state index contributed by atoms with van der Waals surface area (Å²) in [5.74, 6) is 0.407. The van der Waals surface area contributed by atoms with Crippen LogP contribution in [0.2, 0.25) is 0 Å². The first-order chi connectivity index (χ1) is 16.1. The number of pyridine rings is 1. The van der Waals surface area contributed by atoms with Crippen molar-refractivity contribution in [3.8, 4) is 0 Å². The van der Waals surface area contributed by atoms with Crippen LogP contribution >= 0.6 is 0 Å². The van der Waals surface area contributed by atoms with Gasteiger partial charge in [-0.1, -0.05) is 24.3 Å². The number of hydrogen-bond donors (Lipinski definition) is 0. The van der Waals surface area contributed by atoms with Gasteiger partial charge in [-0.05, 0) is 37.6 Å². The second-order valence-electron chi connectivity index (χ2n) is 8.52. The van der Waals surface area contributed by atoms with Gasteiger partial charge in [0.05, 0.1) is 30.5 Å². The normalized spacial score (nSPS) is 19.0. The molecule has 0 aliphatic carbocycles. The van der Waals surface area contributed by atoms with E-state index in [2.05, 4.69) is 9.97 Å². The predicted octanol–water partition coefficient (Wildman–Crippen LogP) is 3.17. The van der Waals surface area contributed by atoms with Crippen molar-refractivity contribution in [3.63, 3.8) is 0 Å². The molecule has 0 unspecified atom stereocenters. The van der Waals surface area contributed by atoms with Crippen molar-refractivity contribution in [1.29, 1.82) is 0 Å². The maximum Gasteiger partial charge on any atom is 0.273 e. The number of aromatic nitrogens is 3. The third kappa shape index (κ3) is 4.18. The fourth-order valence-corrected chi connectivity index (χ4v) is 4.66. The summed E-state index contributed by atoms with van der Waals surface area (Å²) >= 11 is 0. The molecule has 0 spiro atoms. The highest BCUT2D eigenvalue weighted by atomic mass is 16.5. The van der Waals surface area contributed by atoms with Gasteiger partial charge in [0.2, 0.25) is 0 Å². The number of benzene rings is 1. The zero-order chi connectivity index (χ0) is 22.8. The molecule has 0 radical (unpaired) electrons. The maximum absolute atomic E-state index is 13.6. The van der Waals surface area contributed by atoms with Gasteiger partial charge in [0.1, 0.15) is 5.69 Å². The average Bonchev–Trinajstić information content (AvgIpc) is 2.88. The van der Waals surface area contributed by atoms with Crippen LogP contribution in [0.3, 0.4) is 0 Å². The number of carbonyl (C=O) groups excluding carboxylic acids is 2. The molecule has 4 heterocycles. The molecule has 2 fully saturated rings. The van der Waals surface area contributed by atoms with Crippen LogP contribution in [0.1, 0.15) is 57.7 Å². The first-order valence-electron chi connectivity index (χ1n) is 11.5. The van der Waals surface area contributed by atoms with Gasteiger partial charge < -0.3 is 14.5 Å². The quantitative estimate of drug-likeness (QED) is 0.615. The molecule has 5 rings (SSSR count). The fourth-order valence-electron chi connectivity index (χ4n) is 4.66. The lowest BCUT2D eigenvalue weighted by Crippen LogP contribution is -2.41. The number of morpholine rings is 1. The number of carbonyl (C=O) groups is 2. The molecule has 8 nitrogen and oxygen atoms in total. The number of likely N-dealkylation sites (tertiary alicyclic amines) is 1. The highest BCUT2D eigenvalue weighted by molar-refractivity contribution is 6.05. The number of aryl methyl sites for hydroxylation is 1. The summed E-state index contributed by atoms with van der Waals surface area (Å²) in [4.78, 5) is 43.8. The van der Waals surface area contributed by atoms with Crippen molar-refractivity contribution in [1.82, 2.24) is 24.8 Å². The van der Waals surface area contributed by atoms with Crippen LogP contribution in [0.5, 0.6) is 0 Å². The van der Waals surface area contributed by atoms with Gasteiger partial charge in [-0.15, -0.1) is 0 Å². The van der Waals surface area contributed by atoms with Crippen molar-refractivity contribution < 1.29 is 14.3 Å². The molecule has 0 saturated carbocycles. The Labute approximate surface area is 192 Å². The lowest BCUT2D eigenvalue weighted by Gasteiger charge is -2.35. The molecule has 2 aliphatic rings. The summed E-state index contributed by atoms with van der Waals surface area (Å²) < 4.78 is 5.34. The molecule has 170 valence electrons. The molecular formula is C25H27N5O3. The van der Waals surface area contributed by atoms with Gasteiger partial charge in [0.15, 0.2) is 5.82 Å². The summed E-state index contributed by atoms with van der Waals surface area (Å²) in [5.41, 5.74) is 1.60. The van der Waals surface area contributed by atoms with E-state index in [1.165, 1.54) is 0 Å². The Morgan fingerprint density at radius 3 is 2.64 bits per heavy atom. The maximum atomic E-state index is 13.6. The standard InChI is InChI=1S/C25H27N5O3/c1-17-20(24(31)29-12-14-33-15-13-29)16-27-23(28-17)21-8-4-5-11-30(21)25(32)22-19-7-3-2-6-18(19)9-10-26-22/h2-3,6-7,9-10,16,21H,4-5,8,11-15H2,1H3/t21-/m1/s1. The molecule has 1 aromatic carbocycles. The minimum absolute atomic E-state index is 0.0705. The van der Waals surface area contributed by atoms with E-state index in [1.54, 1.807) is 17.3 Å². The zero-order valence-corrected chi connectivity index (χ0v) is 18.7. The average molecular weight is 446 g/mol. The van der Waals surface area contributed by atoms with Gasteiger partial charge in [-0.25, -0.2) is 9.97 Å². The van der Waals surface area contributed by atoms with E-state index in [0.717, 1.165) is 30.0 Å². The van der Waals surface area contributed by atoms with E-state index < -0.39 is 0 Å². The molecule has 2 amide bonds. The Kier molecular flexibility index (Phi) is 6.00. The Balaban J connectivity index is 1.43. The van der Waals surface area contributed by atoms with Crippen molar-refractivity contribution in [2.24, 2.45) is 0 Å². The van der Waals surface area contributed by atoms with Crippen LogP contribution in [0, 0.1) is 6.92 Å². The van der Waals surface area contributed by atoms with Crippen LogP contribution in [0.25, 0.3) is 10.8 Å². The molecule has 8 heteroatoms. The Bertz CT molecular complexity index is 1190. The molecule has 0 N–H and O–H groups in total. The van der Waals surface area contributed by atoms with Crippen molar-refractivity contribution in [2.75, 3.05) is 32.8 Å². The minimum Gasteiger partial charge on any atom is -0.378 e. The van der Waals surface area contributed by atoms with E-state index in [0.29, 0.717) is 55.6 Å². The number of nitrogens with zero attached hydrogens (tertiary/aromatic N) is 5. The number of amides is 2. The first kappa shape index (κ1) is 21.5. The Hall–Kier alpha value is -3.39. The number of hydrogen-bond acceptors (Lipinski definition) is 6. The van der Waals surface area contributed by atoms with E-state index in [4.69, 9.17) is 9.72 Å². The highest BCUT2D eigenvalue weighted by Crippen LogP contribution is 2.31. The Morgan fingerprint density at radius 1 is 1.00 bits per heavy atom. The summed E-state index contributed by atoms with van der Waals surface area (Å²) in [6, 6.07) is 9.47. The number of ether oxygens (including phenoxy) is 1. The molecule has 1 atom stereocenters. The second-order valence-corrected chi connectivity index (χ2v) is 8.52. The van der Waals surface area contributed by atoms with Gasteiger partial charge in [-0.3, -0.25) is 14.6 Å². The highest BCUT2D eigenvalue weighted by Gasteiger charge is 2.32. The smallest absolute Gasteiger partial charge is 0.273 e. The van der Waals surface area contributed by atoms with Crippen LogP contribution in [0.4, 0.5) is 0 Å². The van der Waals surface area contributed by atoms with Crippen LogP contribution < -0.4 is 0 Å². The molecule has 0 bridgehead atoms. The largest absolute Gasteiger partial charge is 0.378 e. The van der Waals surface area contributed by atoms with Gasteiger partial charge in [0, 0.05) is 37.4 Å². The molecule has 3 aromatic rings. The third-order valence-corrected chi connectivity index (χ3v) is 6.46. The molecule has 2 saturated heterocycles. The fraction of sp³-hybridized carbons (Fsp3) is 0.400. The summed E-state index contributed by atoms with van der Waals surface area (Å²) in [5, 5.41) is 1.83. The van der Waals surface area contributed by atoms with Gasteiger partial charge in [0.25, 0.3) is 11.8 Å². The topological polar surface area (TPSA) is 88.5 Å². The first-order valence-corrected chi connectivity index (χ1v) is 11.5. The SMILES string of the molecule is Cc1nc([C@H]2CCCCN2C(=O)c2nccc3ccccc23)ncc1C(=O)N1CCOCC1. The van der Waals surface area contributed by atoms with Crippen molar-refractivity contribution >= 4 is 22.6 Å². The second kappa shape index (κ2) is 9.23. The number of rotatable bonds is 3. The molecular weight excluding hydrogens is 418 g/mol. The lowest BCUT2D eigenvalue weighted by molar-refractivity contribution is 0.0301. The molecule has 2 aliphatic heterocycles.